The number of hydrogen-bond donors (Lipinski definition) is 1. The van der Waals surface area contributed by atoms with E-state index in [2.05, 4.69) is 5.32 Å². The summed E-state index contributed by atoms with van der Waals surface area (Å²) in [6.45, 7) is 6.89. The number of nitrogens with one attached hydrogen (secondary N) is 1. The van der Waals surface area contributed by atoms with Crippen molar-refractivity contribution >= 4 is 50.7 Å². The summed E-state index contributed by atoms with van der Waals surface area (Å²) in [5.74, 6) is -0.867. The van der Waals surface area contributed by atoms with Crippen LogP contribution in [0, 0.1) is 6.92 Å². The van der Waals surface area contributed by atoms with Crippen LogP contribution in [0.15, 0.2) is 77.7 Å². The van der Waals surface area contributed by atoms with Crippen molar-refractivity contribution in [1.29, 1.82) is 0 Å². The van der Waals surface area contributed by atoms with Gasteiger partial charge in [-0.2, -0.15) is 0 Å². The fourth-order valence-electron chi connectivity index (χ4n) is 3.81. The van der Waals surface area contributed by atoms with Crippen molar-refractivity contribution in [3.05, 3.63) is 94.0 Å². The van der Waals surface area contributed by atoms with Crippen molar-refractivity contribution in [2.45, 2.75) is 57.6 Å². The molecular formula is C29H33Cl2N3O4S. The van der Waals surface area contributed by atoms with Crippen LogP contribution in [0.5, 0.6) is 0 Å². The molecule has 0 saturated heterocycles. The van der Waals surface area contributed by atoms with Crippen molar-refractivity contribution in [1.82, 2.24) is 10.2 Å². The molecule has 0 aliphatic heterocycles. The molecule has 1 N–H and O–H groups in total. The third-order valence-corrected chi connectivity index (χ3v) is 8.73. The molecule has 0 fully saturated rings. The predicted octanol–water partition coefficient (Wildman–Crippen LogP) is 5.83. The topological polar surface area (TPSA) is 86.8 Å². The van der Waals surface area contributed by atoms with E-state index in [4.69, 9.17) is 23.2 Å². The third-order valence-electron chi connectivity index (χ3n) is 6.44. The van der Waals surface area contributed by atoms with Crippen LogP contribution in [0.1, 0.15) is 38.3 Å². The van der Waals surface area contributed by atoms with Gasteiger partial charge in [0.05, 0.1) is 10.6 Å². The number of sulfonamides is 1. The molecule has 7 nitrogen and oxygen atoms in total. The molecule has 10 heteroatoms. The minimum atomic E-state index is -4.13. The van der Waals surface area contributed by atoms with Crippen molar-refractivity contribution in [2.75, 3.05) is 10.8 Å². The second-order valence-corrected chi connectivity index (χ2v) is 12.2. The largest absolute Gasteiger partial charge is 0.352 e. The Morgan fingerprint density at radius 3 is 1.95 bits per heavy atom. The number of halogens is 2. The summed E-state index contributed by atoms with van der Waals surface area (Å²) in [5.41, 5.74) is 1.92. The smallest absolute Gasteiger partial charge is 0.264 e. The summed E-state index contributed by atoms with van der Waals surface area (Å²) >= 11 is 12.1. The lowest BCUT2D eigenvalue weighted by Crippen LogP contribution is -2.52. The summed E-state index contributed by atoms with van der Waals surface area (Å²) in [6, 6.07) is 18.6. The Labute approximate surface area is 240 Å². The maximum atomic E-state index is 13.9. The molecule has 2 unspecified atom stereocenters. The number of rotatable bonds is 11. The molecule has 2 amide bonds. The van der Waals surface area contributed by atoms with Crippen LogP contribution in [-0.4, -0.2) is 43.8 Å². The number of aryl methyl sites for hydroxylation is 1. The van der Waals surface area contributed by atoms with Crippen molar-refractivity contribution in [2.24, 2.45) is 0 Å². The average Bonchev–Trinajstić information content (AvgIpc) is 2.91. The van der Waals surface area contributed by atoms with Gasteiger partial charge in [0.15, 0.2) is 0 Å². The number of carbonyl (C=O) groups excluding carboxylic acids is 2. The molecule has 3 rings (SSSR count). The molecule has 2 atom stereocenters. The second-order valence-electron chi connectivity index (χ2n) is 9.44. The van der Waals surface area contributed by atoms with E-state index in [1.54, 1.807) is 67.6 Å². The van der Waals surface area contributed by atoms with Gasteiger partial charge in [0.25, 0.3) is 10.0 Å². The molecule has 0 aromatic heterocycles. The number of hydrogen-bond acceptors (Lipinski definition) is 4. The van der Waals surface area contributed by atoms with Crippen LogP contribution in [0.2, 0.25) is 10.0 Å². The molecule has 3 aromatic carbocycles. The highest BCUT2D eigenvalue weighted by atomic mass is 35.5. The first-order valence-electron chi connectivity index (χ1n) is 12.6. The number of amides is 2. The Morgan fingerprint density at radius 2 is 1.41 bits per heavy atom. The molecular weight excluding hydrogens is 557 g/mol. The predicted molar refractivity (Wildman–Crippen MR) is 157 cm³/mol. The number of anilines is 1. The van der Waals surface area contributed by atoms with E-state index in [1.807, 2.05) is 20.8 Å². The lowest BCUT2D eigenvalue weighted by molar-refractivity contribution is -0.139. The number of nitrogens with zero attached hydrogens (tertiary/aromatic N) is 2. The Balaban J connectivity index is 2.01. The minimum Gasteiger partial charge on any atom is -0.352 e. The van der Waals surface area contributed by atoms with E-state index in [0.717, 1.165) is 21.9 Å². The standard InChI is InChI=1S/C29H33Cl2N3O4S/c1-5-21(3)32-29(36)22(4)33(18-23-8-10-24(30)11-9-23)28(35)19-34(26-14-12-25(31)13-15-26)39(37,38)27-16-6-20(2)7-17-27/h6-17,21-22H,5,18-19H2,1-4H3,(H,32,36). The summed E-state index contributed by atoms with van der Waals surface area (Å²) in [4.78, 5) is 28.4. The van der Waals surface area contributed by atoms with Crippen LogP contribution in [0.4, 0.5) is 5.69 Å². The molecule has 0 radical (unpaired) electrons. The van der Waals surface area contributed by atoms with Gasteiger partial charge >= 0.3 is 0 Å². The molecule has 39 heavy (non-hydrogen) atoms. The first kappa shape index (κ1) is 30.5. The molecule has 0 bridgehead atoms. The Bertz CT molecular complexity index is 1380. The minimum absolute atomic E-state index is 0.0441. The molecule has 208 valence electrons. The quantitative estimate of drug-likeness (QED) is 0.305. The van der Waals surface area contributed by atoms with E-state index in [1.165, 1.54) is 17.0 Å². The van der Waals surface area contributed by atoms with Crippen LogP contribution < -0.4 is 9.62 Å². The molecule has 0 spiro atoms. The molecule has 0 aliphatic rings. The maximum Gasteiger partial charge on any atom is 0.264 e. The van der Waals surface area contributed by atoms with Gasteiger partial charge in [-0.1, -0.05) is 60.0 Å². The molecule has 3 aromatic rings. The van der Waals surface area contributed by atoms with Crippen molar-refractivity contribution < 1.29 is 18.0 Å². The summed E-state index contributed by atoms with van der Waals surface area (Å²) < 4.78 is 28.6. The lowest BCUT2D eigenvalue weighted by Gasteiger charge is -2.32. The fraction of sp³-hybridized carbons (Fsp3) is 0.310. The summed E-state index contributed by atoms with van der Waals surface area (Å²) in [7, 11) is -4.13. The maximum absolute atomic E-state index is 13.9. The van der Waals surface area contributed by atoms with Gasteiger partial charge in [0.2, 0.25) is 11.8 Å². The van der Waals surface area contributed by atoms with E-state index in [9.17, 15) is 18.0 Å². The Kier molecular flexibility index (Phi) is 10.4. The highest BCUT2D eigenvalue weighted by molar-refractivity contribution is 7.92. The Hall–Kier alpha value is -3.07. The first-order chi connectivity index (χ1) is 18.4. The van der Waals surface area contributed by atoms with Gasteiger partial charge in [-0.3, -0.25) is 13.9 Å². The van der Waals surface area contributed by atoms with Gasteiger partial charge in [-0.15, -0.1) is 0 Å². The van der Waals surface area contributed by atoms with Crippen LogP contribution >= 0.6 is 23.2 Å². The van der Waals surface area contributed by atoms with Crippen LogP contribution in [-0.2, 0) is 26.2 Å². The second kappa shape index (κ2) is 13.3. The van der Waals surface area contributed by atoms with Crippen LogP contribution in [0.25, 0.3) is 0 Å². The third kappa shape index (κ3) is 7.97. The fourth-order valence-corrected chi connectivity index (χ4v) is 5.47. The highest BCUT2D eigenvalue weighted by Gasteiger charge is 2.32. The van der Waals surface area contributed by atoms with E-state index >= 15 is 0 Å². The van der Waals surface area contributed by atoms with Gasteiger partial charge in [-0.05, 0) is 81.3 Å². The molecule has 0 saturated carbocycles. The summed E-state index contributed by atoms with van der Waals surface area (Å²) in [6.07, 6.45) is 0.725. The zero-order chi connectivity index (χ0) is 28.7. The van der Waals surface area contributed by atoms with E-state index in [-0.39, 0.29) is 29.1 Å². The zero-order valence-electron chi connectivity index (χ0n) is 22.4. The van der Waals surface area contributed by atoms with Crippen LogP contribution in [0.3, 0.4) is 0 Å². The molecule has 0 heterocycles. The average molecular weight is 591 g/mol. The zero-order valence-corrected chi connectivity index (χ0v) is 24.7. The van der Waals surface area contributed by atoms with Crippen molar-refractivity contribution in [3.63, 3.8) is 0 Å². The van der Waals surface area contributed by atoms with Gasteiger partial charge in [0, 0.05) is 22.6 Å². The van der Waals surface area contributed by atoms with Gasteiger partial charge in [-0.25, -0.2) is 8.42 Å². The first-order valence-corrected chi connectivity index (χ1v) is 14.8. The van der Waals surface area contributed by atoms with E-state index < -0.39 is 28.5 Å². The lowest BCUT2D eigenvalue weighted by atomic mass is 10.1. The van der Waals surface area contributed by atoms with E-state index in [0.29, 0.717) is 10.0 Å². The molecule has 0 aliphatic carbocycles. The SMILES string of the molecule is CCC(C)NC(=O)C(C)N(Cc1ccc(Cl)cc1)C(=O)CN(c1ccc(Cl)cc1)S(=O)(=O)c1ccc(C)cc1. The number of carbonyl (C=O) groups is 2. The summed E-state index contributed by atoms with van der Waals surface area (Å²) in [5, 5.41) is 3.88. The Morgan fingerprint density at radius 1 is 0.872 bits per heavy atom. The number of benzene rings is 3. The highest BCUT2D eigenvalue weighted by Crippen LogP contribution is 2.26. The van der Waals surface area contributed by atoms with Gasteiger partial charge < -0.3 is 10.2 Å². The van der Waals surface area contributed by atoms with Gasteiger partial charge in [0.1, 0.15) is 12.6 Å². The monoisotopic (exact) mass is 589 g/mol. The normalized spacial score (nSPS) is 12.9. The van der Waals surface area contributed by atoms with Crippen molar-refractivity contribution in [3.8, 4) is 0 Å².